The molecule has 9 heteroatoms. The van der Waals surface area contributed by atoms with E-state index in [0.29, 0.717) is 5.56 Å². The lowest BCUT2D eigenvalue weighted by Gasteiger charge is -2.48. The Kier molecular flexibility index (Phi) is 5.70. The van der Waals surface area contributed by atoms with Crippen molar-refractivity contribution in [2.45, 2.75) is 26.3 Å². The summed E-state index contributed by atoms with van der Waals surface area (Å²) in [6.07, 6.45) is -0.114. The number of nitro groups is 1. The maximum Gasteiger partial charge on any atom is 0.346 e. The fraction of sp³-hybridized carbons (Fsp3) is 0.500. The number of aliphatic hydroxyl groups is 1. The number of carbonyl (C=O) groups excluding carboxylic acids is 2. The largest absolute Gasteiger partial charge is 0.396 e. The van der Waals surface area contributed by atoms with E-state index >= 15 is 0 Å². The van der Waals surface area contributed by atoms with Gasteiger partial charge >= 0.3 is 5.97 Å². The highest BCUT2D eigenvalue weighted by Gasteiger charge is 2.54. The lowest BCUT2D eigenvalue weighted by atomic mass is 9.70. The van der Waals surface area contributed by atoms with Crippen LogP contribution in [0.4, 0.5) is 5.69 Å². The minimum absolute atomic E-state index is 0.0682. The summed E-state index contributed by atoms with van der Waals surface area (Å²) in [5.74, 6) is -1.06. The van der Waals surface area contributed by atoms with Crippen LogP contribution in [0.15, 0.2) is 24.3 Å². The molecule has 1 aliphatic heterocycles. The Morgan fingerprint density at radius 1 is 1.44 bits per heavy atom. The molecule has 1 saturated heterocycles. The van der Waals surface area contributed by atoms with Gasteiger partial charge in [0.15, 0.2) is 0 Å². The summed E-state index contributed by atoms with van der Waals surface area (Å²) in [5.41, 5.74) is -0.407. The van der Waals surface area contributed by atoms with Crippen molar-refractivity contribution in [3.8, 4) is 0 Å². The maximum atomic E-state index is 11.8. The van der Waals surface area contributed by atoms with E-state index in [4.69, 9.17) is 4.89 Å². The van der Waals surface area contributed by atoms with Gasteiger partial charge in [-0.15, -0.1) is 0 Å². The molecule has 0 radical (unpaired) electrons. The number of hydrogen-bond acceptors (Lipinski definition) is 7. The highest BCUT2D eigenvalue weighted by molar-refractivity contribution is 5.90. The van der Waals surface area contributed by atoms with E-state index in [1.807, 2.05) is 0 Å². The minimum Gasteiger partial charge on any atom is -0.396 e. The SMILES string of the molecule is CC(CO)C1NC(=O)C1(C)COOC(=O)Cc1ccc([N+](=O)[O-])cc1. The predicted octanol–water partition coefficient (Wildman–Crippen LogP) is 0.745. The van der Waals surface area contributed by atoms with Gasteiger partial charge in [0, 0.05) is 24.7 Å². The van der Waals surface area contributed by atoms with Crippen molar-refractivity contribution in [2.24, 2.45) is 11.3 Å². The van der Waals surface area contributed by atoms with Crippen LogP contribution < -0.4 is 5.32 Å². The Bertz CT molecular complexity index is 661. The van der Waals surface area contributed by atoms with E-state index in [2.05, 4.69) is 10.2 Å². The molecule has 1 aromatic rings. The quantitative estimate of drug-likeness (QED) is 0.306. The second-order valence-corrected chi connectivity index (χ2v) is 6.35. The van der Waals surface area contributed by atoms with Crippen molar-refractivity contribution in [3.05, 3.63) is 39.9 Å². The molecule has 0 aromatic heterocycles. The first-order chi connectivity index (χ1) is 11.8. The molecule has 0 aliphatic carbocycles. The Balaban J connectivity index is 1.82. The van der Waals surface area contributed by atoms with Crippen LogP contribution in [0.2, 0.25) is 0 Å². The third kappa shape index (κ3) is 4.12. The lowest BCUT2D eigenvalue weighted by Crippen LogP contribution is -2.70. The number of non-ortho nitro benzene ring substituents is 1. The van der Waals surface area contributed by atoms with E-state index in [-0.39, 0.29) is 43.2 Å². The highest BCUT2D eigenvalue weighted by atomic mass is 17.2. The number of aliphatic hydroxyl groups excluding tert-OH is 1. The van der Waals surface area contributed by atoms with Gasteiger partial charge in [0.1, 0.15) is 6.61 Å². The number of carbonyl (C=O) groups is 2. The molecule has 25 heavy (non-hydrogen) atoms. The summed E-state index contributed by atoms with van der Waals surface area (Å²) in [7, 11) is 0. The zero-order valence-corrected chi connectivity index (χ0v) is 13.9. The number of rotatable bonds is 8. The van der Waals surface area contributed by atoms with Gasteiger partial charge in [0.25, 0.3) is 5.69 Å². The topological polar surface area (TPSA) is 128 Å². The van der Waals surface area contributed by atoms with Gasteiger partial charge in [-0.2, -0.15) is 4.89 Å². The van der Waals surface area contributed by atoms with E-state index in [1.165, 1.54) is 24.3 Å². The summed E-state index contributed by atoms with van der Waals surface area (Å²) >= 11 is 0. The lowest BCUT2D eigenvalue weighted by molar-refractivity contribution is -0.384. The fourth-order valence-electron chi connectivity index (χ4n) is 2.71. The molecule has 0 saturated carbocycles. The van der Waals surface area contributed by atoms with Crippen LogP contribution in [0, 0.1) is 21.4 Å². The molecule has 1 aliphatic rings. The molecule has 2 N–H and O–H groups in total. The molecule has 0 spiro atoms. The summed E-state index contributed by atoms with van der Waals surface area (Å²) in [6, 6.07) is 5.24. The number of β-lactam (4-membered cyclic amide) rings is 1. The third-order valence-electron chi connectivity index (χ3n) is 4.36. The molecule has 1 fully saturated rings. The summed E-state index contributed by atoms with van der Waals surface area (Å²) < 4.78 is 0. The maximum absolute atomic E-state index is 11.8. The molecule has 2 rings (SSSR count). The van der Waals surface area contributed by atoms with Gasteiger partial charge in [-0.05, 0) is 12.5 Å². The number of nitro benzene ring substituents is 1. The summed E-state index contributed by atoms with van der Waals surface area (Å²) in [6.45, 7) is 3.26. The predicted molar refractivity (Wildman–Crippen MR) is 85.1 cm³/mol. The molecule has 1 aromatic carbocycles. The molecule has 3 atom stereocenters. The highest BCUT2D eigenvalue weighted by Crippen LogP contribution is 2.35. The van der Waals surface area contributed by atoms with Crippen molar-refractivity contribution in [2.75, 3.05) is 13.2 Å². The molecule has 3 unspecified atom stereocenters. The van der Waals surface area contributed by atoms with E-state index in [0.717, 1.165) is 0 Å². The van der Waals surface area contributed by atoms with Crippen molar-refractivity contribution in [1.29, 1.82) is 0 Å². The van der Waals surface area contributed by atoms with Gasteiger partial charge < -0.3 is 10.4 Å². The molecule has 0 bridgehead atoms. The molecule has 1 amide bonds. The van der Waals surface area contributed by atoms with Crippen LogP contribution in [0.3, 0.4) is 0 Å². The zero-order chi connectivity index (χ0) is 18.6. The number of hydrogen-bond donors (Lipinski definition) is 2. The Morgan fingerprint density at radius 3 is 2.60 bits per heavy atom. The first-order valence-corrected chi connectivity index (χ1v) is 7.75. The van der Waals surface area contributed by atoms with Gasteiger partial charge in [0.05, 0.1) is 22.8 Å². The van der Waals surface area contributed by atoms with Crippen LogP contribution in [-0.4, -0.2) is 41.2 Å². The average Bonchev–Trinajstić information content (AvgIpc) is 2.59. The monoisotopic (exact) mass is 352 g/mol. The normalized spacial score (nSPS) is 23.3. The van der Waals surface area contributed by atoms with Crippen molar-refractivity contribution in [1.82, 2.24) is 5.32 Å². The smallest absolute Gasteiger partial charge is 0.346 e. The van der Waals surface area contributed by atoms with Crippen LogP contribution >= 0.6 is 0 Å². The number of nitrogens with zero attached hydrogens (tertiary/aromatic N) is 1. The van der Waals surface area contributed by atoms with Gasteiger partial charge in [-0.25, -0.2) is 4.79 Å². The van der Waals surface area contributed by atoms with Crippen LogP contribution in [0.5, 0.6) is 0 Å². The van der Waals surface area contributed by atoms with E-state index < -0.39 is 16.3 Å². The second kappa shape index (κ2) is 7.58. The fourth-order valence-corrected chi connectivity index (χ4v) is 2.71. The van der Waals surface area contributed by atoms with Crippen LogP contribution in [-0.2, 0) is 25.8 Å². The number of amides is 1. The zero-order valence-electron chi connectivity index (χ0n) is 13.9. The molecule has 136 valence electrons. The first kappa shape index (κ1) is 18.8. The van der Waals surface area contributed by atoms with Crippen LogP contribution in [0.25, 0.3) is 0 Å². The first-order valence-electron chi connectivity index (χ1n) is 7.75. The molecular weight excluding hydrogens is 332 g/mol. The Labute approximate surface area is 144 Å². The van der Waals surface area contributed by atoms with Crippen LogP contribution in [0.1, 0.15) is 19.4 Å². The average molecular weight is 352 g/mol. The van der Waals surface area contributed by atoms with Gasteiger partial charge in [-0.1, -0.05) is 19.1 Å². The Hall–Kier alpha value is -2.52. The van der Waals surface area contributed by atoms with Gasteiger partial charge in [-0.3, -0.25) is 19.8 Å². The molecule has 1 heterocycles. The summed E-state index contributed by atoms with van der Waals surface area (Å²) in [4.78, 5) is 43.2. The number of benzene rings is 1. The van der Waals surface area contributed by atoms with E-state index in [9.17, 15) is 24.8 Å². The van der Waals surface area contributed by atoms with Gasteiger partial charge in [0.2, 0.25) is 5.91 Å². The summed E-state index contributed by atoms with van der Waals surface area (Å²) in [5, 5.41) is 22.5. The van der Waals surface area contributed by atoms with Crippen molar-refractivity contribution < 1.29 is 29.4 Å². The Morgan fingerprint density at radius 2 is 2.08 bits per heavy atom. The molecule has 9 nitrogen and oxygen atoms in total. The minimum atomic E-state index is -0.879. The molecular formula is C16H20N2O7. The number of nitrogens with one attached hydrogen (secondary N) is 1. The van der Waals surface area contributed by atoms with Crippen molar-refractivity contribution >= 4 is 17.6 Å². The third-order valence-corrected chi connectivity index (χ3v) is 4.36. The second-order valence-electron chi connectivity index (χ2n) is 6.35. The van der Waals surface area contributed by atoms with Crippen molar-refractivity contribution in [3.63, 3.8) is 0 Å². The van der Waals surface area contributed by atoms with E-state index in [1.54, 1.807) is 13.8 Å². The standard InChI is InChI=1S/C16H20N2O7/c1-10(8-19)14-16(2,15(21)17-14)9-24-25-13(20)7-11-3-5-12(6-4-11)18(22)23/h3-6,10,14,19H,7-9H2,1-2H3,(H,17,21).